The minimum atomic E-state index is -0.0673. The summed E-state index contributed by atoms with van der Waals surface area (Å²) in [4.78, 5) is 15.5. The van der Waals surface area contributed by atoms with Gasteiger partial charge in [0.15, 0.2) is 0 Å². The number of methoxy groups -OCH3 is 2. The average molecular weight is 250 g/mol. The lowest BCUT2D eigenvalue weighted by molar-refractivity contribution is -0.127. The molecule has 1 unspecified atom stereocenters. The number of ether oxygens (including phenoxy) is 2. The Balaban J connectivity index is 2.18. The SMILES string of the molecule is COc1ccc(N2CC2C(=O)N(C)C)c(OC)c1. The number of carbonyl (C=O) groups excluding carboxylic acids is 1. The van der Waals surface area contributed by atoms with Crippen molar-refractivity contribution in [2.45, 2.75) is 6.04 Å². The van der Waals surface area contributed by atoms with E-state index < -0.39 is 0 Å². The molecule has 18 heavy (non-hydrogen) atoms. The second kappa shape index (κ2) is 4.76. The number of likely N-dealkylation sites (N-methyl/N-ethyl adjacent to an activating group) is 1. The summed E-state index contributed by atoms with van der Waals surface area (Å²) in [7, 11) is 6.77. The van der Waals surface area contributed by atoms with Crippen LogP contribution in [0.3, 0.4) is 0 Å². The van der Waals surface area contributed by atoms with Crippen molar-refractivity contribution in [3.63, 3.8) is 0 Å². The standard InChI is InChI=1S/C13H18N2O3/c1-14(2)13(16)11-8-15(11)10-6-5-9(17-3)7-12(10)18-4/h5-7,11H,8H2,1-4H3. The van der Waals surface area contributed by atoms with Gasteiger partial charge in [0.2, 0.25) is 5.91 Å². The molecule has 1 amide bonds. The fourth-order valence-electron chi connectivity index (χ4n) is 1.94. The Morgan fingerprint density at radius 1 is 1.33 bits per heavy atom. The van der Waals surface area contributed by atoms with Crippen LogP contribution in [0.4, 0.5) is 5.69 Å². The summed E-state index contributed by atoms with van der Waals surface area (Å²) in [5.74, 6) is 1.59. The molecule has 1 atom stereocenters. The molecule has 1 aliphatic heterocycles. The van der Waals surface area contributed by atoms with Gasteiger partial charge < -0.3 is 19.3 Å². The third kappa shape index (κ3) is 2.20. The maximum Gasteiger partial charge on any atom is 0.246 e. The number of amides is 1. The van der Waals surface area contributed by atoms with Gasteiger partial charge in [-0.15, -0.1) is 0 Å². The molecule has 0 spiro atoms. The molecule has 5 nitrogen and oxygen atoms in total. The quantitative estimate of drug-likeness (QED) is 0.747. The molecule has 0 saturated carbocycles. The highest BCUT2D eigenvalue weighted by Crippen LogP contribution is 2.38. The lowest BCUT2D eigenvalue weighted by Crippen LogP contribution is -2.28. The third-order valence-corrected chi connectivity index (χ3v) is 3.03. The smallest absolute Gasteiger partial charge is 0.246 e. The predicted octanol–water partition coefficient (Wildman–Crippen LogP) is 0.981. The van der Waals surface area contributed by atoms with Crippen LogP contribution in [0.5, 0.6) is 11.5 Å². The molecule has 0 N–H and O–H groups in total. The zero-order valence-corrected chi connectivity index (χ0v) is 11.1. The molecule has 0 aromatic heterocycles. The first-order valence-electron chi connectivity index (χ1n) is 5.78. The van der Waals surface area contributed by atoms with E-state index in [9.17, 15) is 4.79 Å². The van der Waals surface area contributed by atoms with Gasteiger partial charge in [-0.25, -0.2) is 0 Å². The Morgan fingerprint density at radius 2 is 2.06 bits per heavy atom. The lowest BCUT2D eigenvalue weighted by Gasteiger charge is -2.14. The van der Waals surface area contributed by atoms with E-state index in [4.69, 9.17) is 9.47 Å². The fraction of sp³-hybridized carbons (Fsp3) is 0.462. The van der Waals surface area contributed by atoms with Crippen LogP contribution >= 0.6 is 0 Å². The van der Waals surface area contributed by atoms with Crippen molar-refractivity contribution in [3.05, 3.63) is 18.2 Å². The van der Waals surface area contributed by atoms with Crippen molar-refractivity contribution in [1.29, 1.82) is 0 Å². The van der Waals surface area contributed by atoms with Gasteiger partial charge in [0.25, 0.3) is 0 Å². The highest BCUT2D eigenvalue weighted by atomic mass is 16.5. The number of anilines is 1. The molecule has 5 heteroatoms. The number of benzene rings is 1. The molecular weight excluding hydrogens is 232 g/mol. The predicted molar refractivity (Wildman–Crippen MR) is 69.4 cm³/mol. The van der Waals surface area contributed by atoms with E-state index in [0.29, 0.717) is 0 Å². The first kappa shape index (κ1) is 12.5. The van der Waals surface area contributed by atoms with E-state index in [1.54, 1.807) is 33.2 Å². The van der Waals surface area contributed by atoms with E-state index in [-0.39, 0.29) is 11.9 Å². The van der Waals surface area contributed by atoms with E-state index >= 15 is 0 Å². The van der Waals surface area contributed by atoms with E-state index in [0.717, 1.165) is 23.7 Å². The van der Waals surface area contributed by atoms with Crippen molar-refractivity contribution in [1.82, 2.24) is 4.90 Å². The fourth-order valence-corrected chi connectivity index (χ4v) is 1.94. The second-order valence-corrected chi connectivity index (χ2v) is 4.44. The summed E-state index contributed by atoms with van der Waals surface area (Å²) in [6.07, 6.45) is 0. The number of hydrogen-bond acceptors (Lipinski definition) is 4. The minimum Gasteiger partial charge on any atom is -0.497 e. The maximum atomic E-state index is 11.8. The van der Waals surface area contributed by atoms with E-state index in [2.05, 4.69) is 0 Å². The Kier molecular flexibility index (Phi) is 3.32. The number of nitrogens with zero attached hydrogens (tertiary/aromatic N) is 2. The molecule has 1 fully saturated rings. The monoisotopic (exact) mass is 250 g/mol. The highest BCUT2D eigenvalue weighted by Gasteiger charge is 2.42. The molecule has 1 aliphatic rings. The molecule has 0 aliphatic carbocycles. The normalized spacial score (nSPS) is 17.3. The molecule has 0 bridgehead atoms. The van der Waals surface area contributed by atoms with Gasteiger partial charge in [-0.1, -0.05) is 0 Å². The summed E-state index contributed by atoms with van der Waals surface area (Å²) in [6.45, 7) is 0.736. The van der Waals surface area contributed by atoms with Crippen LogP contribution in [-0.4, -0.2) is 51.7 Å². The maximum absolute atomic E-state index is 11.8. The summed E-state index contributed by atoms with van der Waals surface area (Å²) in [5, 5.41) is 0. The Bertz CT molecular complexity index is 460. The number of hydrogen-bond donors (Lipinski definition) is 0. The van der Waals surface area contributed by atoms with Crippen molar-refractivity contribution in [2.75, 3.05) is 39.8 Å². The molecule has 1 saturated heterocycles. The first-order chi connectivity index (χ1) is 8.58. The summed E-state index contributed by atoms with van der Waals surface area (Å²) in [6, 6.07) is 5.54. The molecular formula is C13H18N2O3. The van der Waals surface area contributed by atoms with Gasteiger partial charge >= 0.3 is 0 Å². The molecule has 98 valence electrons. The van der Waals surface area contributed by atoms with Crippen molar-refractivity contribution in [2.24, 2.45) is 0 Å². The van der Waals surface area contributed by atoms with Crippen molar-refractivity contribution < 1.29 is 14.3 Å². The Labute approximate surface area is 107 Å². The average Bonchev–Trinajstić information content (AvgIpc) is 3.16. The zero-order chi connectivity index (χ0) is 13.3. The summed E-state index contributed by atoms with van der Waals surface area (Å²) >= 11 is 0. The summed E-state index contributed by atoms with van der Waals surface area (Å²) in [5.41, 5.74) is 0.929. The zero-order valence-electron chi connectivity index (χ0n) is 11.1. The van der Waals surface area contributed by atoms with Crippen LogP contribution in [0.25, 0.3) is 0 Å². The van der Waals surface area contributed by atoms with Gasteiger partial charge in [-0.05, 0) is 12.1 Å². The van der Waals surface area contributed by atoms with E-state index in [1.165, 1.54) is 0 Å². The largest absolute Gasteiger partial charge is 0.497 e. The van der Waals surface area contributed by atoms with Crippen LogP contribution in [0.2, 0.25) is 0 Å². The number of rotatable bonds is 4. The van der Waals surface area contributed by atoms with Gasteiger partial charge in [-0.2, -0.15) is 0 Å². The molecule has 1 aromatic carbocycles. The molecule has 0 radical (unpaired) electrons. The lowest BCUT2D eigenvalue weighted by atomic mass is 10.2. The van der Waals surface area contributed by atoms with Crippen LogP contribution in [0, 0.1) is 0 Å². The second-order valence-electron chi connectivity index (χ2n) is 4.44. The van der Waals surface area contributed by atoms with Crippen LogP contribution in [-0.2, 0) is 4.79 Å². The topological polar surface area (TPSA) is 41.8 Å². The van der Waals surface area contributed by atoms with Gasteiger partial charge in [0.1, 0.15) is 17.5 Å². The van der Waals surface area contributed by atoms with Crippen LogP contribution in [0.15, 0.2) is 18.2 Å². The van der Waals surface area contributed by atoms with Gasteiger partial charge in [0.05, 0.1) is 19.9 Å². The highest BCUT2D eigenvalue weighted by molar-refractivity contribution is 5.91. The van der Waals surface area contributed by atoms with Gasteiger partial charge in [-0.3, -0.25) is 4.79 Å². The third-order valence-electron chi connectivity index (χ3n) is 3.03. The van der Waals surface area contributed by atoms with Gasteiger partial charge in [0, 0.05) is 26.7 Å². The first-order valence-corrected chi connectivity index (χ1v) is 5.78. The van der Waals surface area contributed by atoms with Crippen LogP contribution in [0.1, 0.15) is 0 Å². The van der Waals surface area contributed by atoms with Crippen molar-refractivity contribution in [3.8, 4) is 11.5 Å². The summed E-state index contributed by atoms with van der Waals surface area (Å²) < 4.78 is 10.5. The Morgan fingerprint density at radius 3 is 2.61 bits per heavy atom. The molecule has 1 aromatic rings. The minimum absolute atomic E-state index is 0.0673. The Hall–Kier alpha value is -1.91. The number of carbonyl (C=O) groups is 1. The van der Waals surface area contributed by atoms with E-state index in [1.807, 2.05) is 23.1 Å². The van der Waals surface area contributed by atoms with Crippen molar-refractivity contribution >= 4 is 11.6 Å². The van der Waals surface area contributed by atoms with Crippen LogP contribution < -0.4 is 14.4 Å². The molecule has 1 heterocycles. The molecule has 2 rings (SSSR count).